The van der Waals surface area contributed by atoms with Gasteiger partial charge in [-0.2, -0.15) is 0 Å². The lowest BCUT2D eigenvalue weighted by Gasteiger charge is -2.24. The van der Waals surface area contributed by atoms with Gasteiger partial charge in [-0.1, -0.05) is 93.5 Å². The molecule has 6 heteroatoms. The summed E-state index contributed by atoms with van der Waals surface area (Å²) >= 11 is 0. The summed E-state index contributed by atoms with van der Waals surface area (Å²) in [5.41, 5.74) is 5.40. The second-order valence-corrected chi connectivity index (χ2v) is 11.0. The Balaban J connectivity index is -0.000000711. The van der Waals surface area contributed by atoms with Crippen LogP contribution in [0.4, 0.5) is 8.78 Å². The number of carbonyl (C=O) groups is 4. The predicted octanol–water partition coefficient (Wildman–Crippen LogP) is 8.94. The van der Waals surface area contributed by atoms with Gasteiger partial charge in [-0.05, 0) is 75.6 Å². The van der Waals surface area contributed by atoms with Crippen LogP contribution in [0.3, 0.4) is 0 Å². The molecule has 4 nitrogen and oxygen atoms in total. The maximum Gasteiger partial charge on any atom is 0.249 e. The van der Waals surface area contributed by atoms with E-state index in [0.717, 1.165) is 43.6 Å². The van der Waals surface area contributed by atoms with Crippen LogP contribution in [0.25, 0.3) is 0 Å². The van der Waals surface area contributed by atoms with Crippen LogP contribution in [0.1, 0.15) is 103 Å². The van der Waals surface area contributed by atoms with Crippen LogP contribution < -0.4 is 0 Å². The lowest BCUT2D eigenvalue weighted by atomic mass is 9.79. The van der Waals surface area contributed by atoms with E-state index in [0.29, 0.717) is 17.9 Å². The highest BCUT2D eigenvalue weighted by Gasteiger charge is 2.27. The molecular weight excluding hydrogens is 522 g/mol. The Morgan fingerprint density at radius 1 is 1.05 bits per heavy atom. The molecule has 1 unspecified atom stereocenters. The summed E-state index contributed by atoms with van der Waals surface area (Å²) in [5, 5.41) is 0. The van der Waals surface area contributed by atoms with E-state index in [9.17, 15) is 18.4 Å². The Labute approximate surface area is 249 Å². The molecule has 0 heterocycles. The molecule has 0 N–H and O–H groups in total. The van der Waals surface area contributed by atoms with Gasteiger partial charge >= 0.3 is 0 Å². The molecule has 3 rings (SSSR count). The summed E-state index contributed by atoms with van der Waals surface area (Å²) < 4.78 is 25.1. The van der Waals surface area contributed by atoms with Gasteiger partial charge in [0, 0.05) is 15.7 Å². The van der Waals surface area contributed by atoms with Crippen molar-refractivity contribution in [3.05, 3.63) is 70.3 Å². The number of carbonyl (C=O) groups excluding carboxylic acids is 4. The molecular formula is C35H54F2O4. The van der Waals surface area contributed by atoms with Gasteiger partial charge in [0.15, 0.2) is 0 Å². The molecule has 1 fully saturated rings. The van der Waals surface area contributed by atoms with Crippen molar-refractivity contribution in [3.63, 3.8) is 0 Å². The van der Waals surface area contributed by atoms with Crippen molar-refractivity contribution in [2.24, 2.45) is 11.8 Å². The fourth-order valence-electron chi connectivity index (χ4n) is 5.16. The third-order valence-electron chi connectivity index (χ3n) is 7.08. The minimum absolute atomic E-state index is 0. The second-order valence-electron chi connectivity index (χ2n) is 11.0. The van der Waals surface area contributed by atoms with Crippen molar-refractivity contribution in [2.75, 3.05) is 0 Å². The third-order valence-corrected chi connectivity index (χ3v) is 7.08. The van der Waals surface area contributed by atoms with Gasteiger partial charge in [-0.25, -0.2) is 8.78 Å². The molecule has 232 valence electrons. The Morgan fingerprint density at radius 3 is 2.17 bits per heavy atom. The highest BCUT2D eigenvalue weighted by molar-refractivity contribution is 6.02. The SMILES string of the molecule is C=O.CC=O.CCCc1cc(CC(=O)C(CC2CCCCC2)C(C)=O)ccc1C.Cc1cccc(CC(C)(F)F)c1.[HH].[HH]. The maximum atomic E-state index is 12.8. The molecule has 0 saturated heterocycles. The molecule has 2 aromatic carbocycles. The van der Waals surface area contributed by atoms with Crippen molar-refractivity contribution < 1.29 is 30.8 Å². The van der Waals surface area contributed by atoms with Gasteiger partial charge in [0.05, 0.1) is 5.92 Å². The van der Waals surface area contributed by atoms with Crippen LogP contribution in [0.15, 0.2) is 42.5 Å². The Kier molecular flexibility index (Phi) is 19.3. The summed E-state index contributed by atoms with van der Waals surface area (Å²) in [6.45, 7) is 12.2. The lowest BCUT2D eigenvalue weighted by molar-refractivity contribution is -0.132. The van der Waals surface area contributed by atoms with Gasteiger partial charge in [0.25, 0.3) is 0 Å². The van der Waals surface area contributed by atoms with E-state index < -0.39 is 11.8 Å². The molecule has 0 bridgehead atoms. The number of aldehydes is 1. The van der Waals surface area contributed by atoms with Gasteiger partial charge in [-0.15, -0.1) is 0 Å². The van der Waals surface area contributed by atoms with Crippen LogP contribution in [-0.4, -0.2) is 30.6 Å². The highest BCUT2D eigenvalue weighted by Crippen LogP contribution is 2.30. The van der Waals surface area contributed by atoms with Gasteiger partial charge in [0.2, 0.25) is 5.92 Å². The van der Waals surface area contributed by atoms with Crippen LogP contribution in [0.5, 0.6) is 0 Å². The van der Waals surface area contributed by atoms with Crippen LogP contribution in [0.2, 0.25) is 0 Å². The summed E-state index contributed by atoms with van der Waals surface area (Å²) in [6.07, 6.45) is 10.1. The number of Topliss-reactive ketones (excluding diaryl/α,β-unsaturated/α-hetero) is 2. The predicted molar refractivity (Wildman–Crippen MR) is 168 cm³/mol. The maximum absolute atomic E-state index is 12.8. The minimum Gasteiger partial charge on any atom is -0.307 e. The van der Waals surface area contributed by atoms with Crippen molar-refractivity contribution >= 4 is 24.6 Å². The zero-order chi connectivity index (χ0) is 31.4. The standard InChI is InChI=1S/C22H32O2.C10H12F2.C2H4O.CH2O.2H2/c1-4-8-20-13-19(12-11-16(20)2)15-22(24)21(17(3)23)14-18-9-6-5-7-10-18;1-8-4-3-5-9(6-8)7-10(2,11)12;1-2-3;1-2;;/h11-13,18,21H,4-10,14-15H2,1-3H3;3-6H,7H2,1-2H3;2H,1H3;1H2;2*1H. The van der Waals surface area contributed by atoms with E-state index in [2.05, 4.69) is 26.0 Å². The van der Waals surface area contributed by atoms with Crippen molar-refractivity contribution in [3.8, 4) is 0 Å². The Morgan fingerprint density at radius 2 is 1.66 bits per heavy atom. The highest BCUT2D eigenvalue weighted by atomic mass is 19.3. The smallest absolute Gasteiger partial charge is 0.249 e. The largest absolute Gasteiger partial charge is 0.307 e. The average Bonchev–Trinajstić information content (AvgIpc) is 2.91. The van der Waals surface area contributed by atoms with Crippen LogP contribution in [0, 0.1) is 25.7 Å². The monoisotopic (exact) mass is 576 g/mol. The van der Waals surface area contributed by atoms with E-state index >= 15 is 0 Å². The summed E-state index contributed by atoms with van der Waals surface area (Å²) in [5.74, 6) is -2.28. The summed E-state index contributed by atoms with van der Waals surface area (Å²) in [6, 6.07) is 13.5. The molecule has 1 atom stereocenters. The number of hydrogen-bond donors (Lipinski definition) is 0. The number of benzene rings is 2. The first-order chi connectivity index (χ1) is 19.4. The number of ketones is 2. The number of hydrogen-bond acceptors (Lipinski definition) is 4. The lowest BCUT2D eigenvalue weighted by Crippen LogP contribution is -2.27. The molecule has 1 aliphatic carbocycles. The summed E-state index contributed by atoms with van der Waals surface area (Å²) in [4.78, 5) is 41.6. The van der Waals surface area contributed by atoms with Crippen molar-refractivity contribution in [1.29, 1.82) is 0 Å². The van der Waals surface area contributed by atoms with E-state index in [1.54, 1.807) is 25.1 Å². The minimum atomic E-state index is -2.60. The van der Waals surface area contributed by atoms with Crippen LogP contribution >= 0.6 is 0 Å². The number of aryl methyl sites for hydroxylation is 3. The summed E-state index contributed by atoms with van der Waals surface area (Å²) in [7, 11) is 0. The molecule has 41 heavy (non-hydrogen) atoms. The van der Waals surface area contributed by atoms with Crippen LogP contribution in [-0.2, 0) is 38.4 Å². The van der Waals surface area contributed by atoms with E-state index in [-0.39, 0.29) is 20.8 Å². The third kappa shape index (κ3) is 16.7. The van der Waals surface area contributed by atoms with E-state index in [1.165, 1.54) is 50.2 Å². The molecule has 0 aromatic heterocycles. The Bertz CT molecular complexity index is 1060. The zero-order valence-electron chi connectivity index (χ0n) is 25.9. The quantitative estimate of drug-likeness (QED) is 0.209. The van der Waals surface area contributed by atoms with E-state index in [1.807, 2.05) is 25.8 Å². The van der Waals surface area contributed by atoms with Gasteiger partial charge in [-0.3, -0.25) is 9.59 Å². The number of halogens is 2. The number of alkyl halides is 2. The zero-order valence-corrected chi connectivity index (χ0v) is 25.9. The van der Waals surface area contributed by atoms with Crippen molar-refractivity contribution in [1.82, 2.24) is 0 Å². The fourth-order valence-corrected chi connectivity index (χ4v) is 5.16. The Hall–Kier alpha value is -3.02. The first-order valence-corrected chi connectivity index (χ1v) is 14.6. The van der Waals surface area contributed by atoms with E-state index in [4.69, 9.17) is 9.59 Å². The van der Waals surface area contributed by atoms with Gasteiger partial charge in [0.1, 0.15) is 24.6 Å². The van der Waals surface area contributed by atoms with Crippen molar-refractivity contribution in [2.45, 2.75) is 112 Å². The molecule has 0 aliphatic heterocycles. The molecule has 0 spiro atoms. The molecule has 2 aromatic rings. The average molecular weight is 577 g/mol. The number of rotatable bonds is 10. The molecule has 1 saturated carbocycles. The molecule has 1 aliphatic rings. The first kappa shape index (κ1) is 38.0. The van der Waals surface area contributed by atoms with Gasteiger partial charge < -0.3 is 9.59 Å². The normalized spacial score (nSPS) is 13.7. The second kappa shape index (κ2) is 20.8. The topological polar surface area (TPSA) is 68.3 Å². The first-order valence-electron chi connectivity index (χ1n) is 14.6. The fraction of sp³-hybridized carbons (Fsp3) is 0.543. The molecule has 0 amide bonds. The molecule has 0 radical (unpaired) electrons.